The van der Waals surface area contributed by atoms with Gasteiger partial charge in [-0.25, -0.2) is 0 Å². The Morgan fingerprint density at radius 3 is 2.47 bits per heavy atom. The number of rotatable bonds is 3. The Bertz CT molecular complexity index is 323. The van der Waals surface area contributed by atoms with Gasteiger partial charge in [0.25, 0.3) is 0 Å². The SMILES string of the molecule is COCC(O)c1ccccc1C(F)(F)F. The molecule has 1 atom stereocenters. The highest BCUT2D eigenvalue weighted by molar-refractivity contribution is 5.31. The molecule has 0 saturated carbocycles. The van der Waals surface area contributed by atoms with Crippen LogP contribution in [0.5, 0.6) is 0 Å². The monoisotopic (exact) mass is 220 g/mol. The first-order valence-electron chi connectivity index (χ1n) is 4.30. The predicted octanol–water partition coefficient (Wildman–Crippen LogP) is 2.39. The average Bonchev–Trinajstić information content (AvgIpc) is 2.17. The van der Waals surface area contributed by atoms with Crippen molar-refractivity contribution in [1.82, 2.24) is 0 Å². The Hall–Kier alpha value is -1.07. The molecule has 1 unspecified atom stereocenters. The zero-order chi connectivity index (χ0) is 11.5. The minimum Gasteiger partial charge on any atom is -0.386 e. The summed E-state index contributed by atoms with van der Waals surface area (Å²) in [5, 5.41) is 9.44. The first-order valence-corrected chi connectivity index (χ1v) is 4.30. The van der Waals surface area contributed by atoms with Crippen LogP contribution in [0, 0.1) is 0 Å². The largest absolute Gasteiger partial charge is 0.416 e. The third kappa shape index (κ3) is 2.94. The van der Waals surface area contributed by atoms with E-state index in [1.165, 1.54) is 25.3 Å². The van der Waals surface area contributed by atoms with Crippen LogP contribution in [0.2, 0.25) is 0 Å². The number of halogens is 3. The van der Waals surface area contributed by atoms with Gasteiger partial charge >= 0.3 is 6.18 Å². The summed E-state index contributed by atoms with van der Waals surface area (Å²) in [4.78, 5) is 0. The summed E-state index contributed by atoms with van der Waals surface area (Å²) in [6.07, 6.45) is -5.71. The highest BCUT2D eigenvalue weighted by Gasteiger charge is 2.34. The van der Waals surface area contributed by atoms with E-state index in [9.17, 15) is 18.3 Å². The number of hydrogen-bond donors (Lipinski definition) is 1. The van der Waals surface area contributed by atoms with E-state index in [0.717, 1.165) is 6.07 Å². The summed E-state index contributed by atoms with van der Waals surface area (Å²) >= 11 is 0. The molecule has 0 radical (unpaired) electrons. The lowest BCUT2D eigenvalue weighted by Crippen LogP contribution is -2.14. The van der Waals surface area contributed by atoms with Crippen LogP contribution in [0.1, 0.15) is 17.2 Å². The molecule has 0 aliphatic heterocycles. The van der Waals surface area contributed by atoms with E-state index in [2.05, 4.69) is 4.74 Å². The second-order valence-electron chi connectivity index (χ2n) is 3.06. The molecule has 0 aliphatic carbocycles. The summed E-state index contributed by atoms with van der Waals surface area (Å²) in [7, 11) is 1.32. The molecule has 1 N–H and O–H groups in total. The smallest absolute Gasteiger partial charge is 0.386 e. The molecular weight excluding hydrogens is 209 g/mol. The van der Waals surface area contributed by atoms with Crippen molar-refractivity contribution in [2.75, 3.05) is 13.7 Å². The van der Waals surface area contributed by atoms with Gasteiger partial charge < -0.3 is 9.84 Å². The molecular formula is C10H11F3O2. The Labute approximate surface area is 85.3 Å². The van der Waals surface area contributed by atoms with Crippen LogP contribution >= 0.6 is 0 Å². The Balaban J connectivity index is 3.06. The lowest BCUT2D eigenvalue weighted by atomic mass is 10.0. The van der Waals surface area contributed by atoms with E-state index in [1.807, 2.05) is 0 Å². The Kier molecular flexibility index (Phi) is 3.71. The van der Waals surface area contributed by atoms with Gasteiger partial charge in [0.05, 0.1) is 12.2 Å². The quantitative estimate of drug-likeness (QED) is 0.847. The van der Waals surface area contributed by atoms with Gasteiger partial charge in [-0.1, -0.05) is 18.2 Å². The van der Waals surface area contributed by atoms with Crippen LogP contribution in [-0.2, 0) is 10.9 Å². The maximum Gasteiger partial charge on any atom is 0.416 e. The van der Waals surface area contributed by atoms with Crippen molar-refractivity contribution in [1.29, 1.82) is 0 Å². The van der Waals surface area contributed by atoms with Crippen molar-refractivity contribution in [2.24, 2.45) is 0 Å². The topological polar surface area (TPSA) is 29.5 Å². The van der Waals surface area contributed by atoms with Crippen LogP contribution in [0.15, 0.2) is 24.3 Å². The van der Waals surface area contributed by atoms with E-state index in [-0.39, 0.29) is 12.2 Å². The van der Waals surface area contributed by atoms with Crippen molar-refractivity contribution in [2.45, 2.75) is 12.3 Å². The van der Waals surface area contributed by atoms with Crippen molar-refractivity contribution >= 4 is 0 Å². The summed E-state index contributed by atoms with van der Waals surface area (Å²) in [6.45, 7) is -0.160. The van der Waals surface area contributed by atoms with Gasteiger partial charge in [-0.2, -0.15) is 13.2 Å². The molecule has 1 rings (SSSR count). The molecule has 2 nitrogen and oxygen atoms in total. The number of methoxy groups -OCH3 is 1. The third-order valence-electron chi connectivity index (χ3n) is 1.95. The highest BCUT2D eigenvalue weighted by atomic mass is 19.4. The fourth-order valence-electron chi connectivity index (χ4n) is 1.29. The Morgan fingerprint density at radius 1 is 1.33 bits per heavy atom. The summed E-state index contributed by atoms with van der Waals surface area (Å²) in [5.74, 6) is 0. The first-order chi connectivity index (χ1) is 6.96. The van der Waals surface area contributed by atoms with Crippen molar-refractivity contribution < 1.29 is 23.0 Å². The maximum absolute atomic E-state index is 12.5. The molecule has 84 valence electrons. The molecule has 0 fully saturated rings. The molecule has 5 heteroatoms. The van der Waals surface area contributed by atoms with Crippen LogP contribution < -0.4 is 0 Å². The van der Waals surface area contributed by atoms with Gasteiger partial charge in [-0.15, -0.1) is 0 Å². The molecule has 1 aromatic rings. The minimum atomic E-state index is -4.45. The van der Waals surface area contributed by atoms with Gasteiger partial charge in [0.2, 0.25) is 0 Å². The fourth-order valence-corrected chi connectivity index (χ4v) is 1.29. The highest BCUT2D eigenvalue weighted by Crippen LogP contribution is 2.34. The number of aliphatic hydroxyl groups excluding tert-OH is 1. The molecule has 0 amide bonds. The molecule has 0 aromatic heterocycles. The van der Waals surface area contributed by atoms with Gasteiger partial charge in [0, 0.05) is 7.11 Å². The summed E-state index contributed by atoms with van der Waals surface area (Å²) < 4.78 is 42.1. The minimum absolute atomic E-state index is 0.160. The molecule has 0 aliphatic rings. The summed E-state index contributed by atoms with van der Waals surface area (Å²) in [6, 6.07) is 4.91. The molecule has 0 saturated heterocycles. The zero-order valence-corrected chi connectivity index (χ0v) is 8.08. The van der Waals surface area contributed by atoms with Crippen LogP contribution in [0.4, 0.5) is 13.2 Å². The van der Waals surface area contributed by atoms with E-state index in [4.69, 9.17) is 0 Å². The number of ether oxygens (including phenoxy) is 1. The molecule has 0 bridgehead atoms. The normalized spacial score (nSPS) is 13.9. The third-order valence-corrected chi connectivity index (χ3v) is 1.95. The molecule has 1 aromatic carbocycles. The summed E-state index contributed by atoms with van der Waals surface area (Å²) in [5.41, 5.74) is -0.985. The van der Waals surface area contributed by atoms with Crippen LogP contribution in [0.3, 0.4) is 0 Å². The second kappa shape index (κ2) is 4.63. The van der Waals surface area contributed by atoms with E-state index in [0.29, 0.717) is 0 Å². The molecule has 0 spiro atoms. The number of aliphatic hydroxyl groups is 1. The fraction of sp³-hybridized carbons (Fsp3) is 0.400. The van der Waals surface area contributed by atoms with Crippen molar-refractivity contribution in [3.63, 3.8) is 0 Å². The number of hydrogen-bond acceptors (Lipinski definition) is 2. The van der Waals surface area contributed by atoms with Gasteiger partial charge in [-0.3, -0.25) is 0 Å². The van der Waals surface area contributed by atoms with Crippen molar-refractivity contribution in [3.8, 4) is 0 Å². The number of alkyl halides is 3. The van der Waals surface area contributed by atoms with Gasteiger partial charge in [0.15, 0.2) is 0 Å². The van der Waals surface area contributed by atoms with Crippen LogP contribution in [0.25, 0.3) is 0 Å². The predicted molar refractivity (Wildman–Crippen MR) is 48.3 cm³/mol. The lowest BCUT2D eigenvalue weighted by Gasteiger charge is -2.16. The first kappa shape index (κ1) is 12.0. The zero-order valence-electron chi connectivity index (χ0n) is 8.08. The van der Waals surface area contributed by atoms with E-state index in [1.54, 1.807) is 0 Å². The maximum atomic E-state index is 12.5. The van der Waals surface area contributed by atoms with E-state index >= 15 is 0 Å². The van der Waals surface area contributed by atoms with Crippen LogP contribution in [-0.4, -0.2) is 18.8 Å². The van der Waals surface area contributed by atoms with Gasteiger partial charge in [0.1, 0.15) is 6.10 Å². The second-order valence-corrected chi connectivity index (χ2v) is 3.06. The molecule has 15 heavy (non-hydrogen) atoms. The number of benzene rings is 1. The van der Waals surface area contributed by atoms with Gasteiger partial charge in [-0.05, 0) is 11.6 Å². The Morgan fingerprint density at radius 2 is 1.93 bits per heavy atom. The average molecular weight is 220 g/mol. The standard InChI is InChI=1S/C10H11F3O2/c1-15-6-9(14)7-4-2-3-5-8(7)10(11,12)13/h2-5,9,14H,6H2,1H3. The van der Waals surface area contributed by atoms with E-state index < -0.39 is 17.8 Å². The molecule has 0 heterocycles. The van der Waals surface area contributed by atoms with Crippen molar-refractivity contribution in [3.05, 3.63) is 35.4 Å². The lowest BCUT2D eigenvalue weighted by molar-refractivity contribution is -0.139.